The highest BCUT2D eigenvalue weighted by Gasteiger charge is 2.24. The third-order valence-electron chi connectivity index (χ3n) is 3.26. The quantitative estimate of drug-likeness (QED) is 0.857. The minimum Gasteiger partial charge on any atom is -0.481 e. The second-order valence-electron chi connectivity index (χ2n) is 4.52. The fraction of sp³-hybridized carbons (Fsp3) is 0.462. The number of rotatable bonds is 3. The summed E-state index contributed by atoms with van der Waals surface area (Å²) in [6.07, 6.45) is 1.55. The lowest BCUT2D eigenvalue weighted by atomic mass is 9.97. The zero-order valence-corrected chi connectivity index (χ0v) is 11.8. The van der Waals surface area contributed by atoms with Gasteiger partial charge in [-0.05, 0) is 66.2 Å². The molecular formula is C13H16INO2. The SMILES string of the molecule is O=C(O)C1CCN(Cc2ccc(I)cc2)CC1. The molecule has 1 aromatic rings. The van der Waals surface area contributed by atoms with Gasteiger partial charge >= 0.3 is 5.97 Å². The van der Waals surface area contributed by atoms with Crippen molar-refractivity contribution in [3.8, 4) is 0 Å². The van der Waals surface area contributed by atoms with Crippen LogP contribution in [0.3, 0.4) is 0 Å². The lowest BCUT2D eigenvalue weighted by Crippen LogP contribution is -2.35. The van der Waals surface area contributed by atoms with Crippen molar-refractivity contribution in [1.29, 1.82) is 0 Å². The molecule has 0 spiro atoms. The molecule has 1 heterocycles. The van der Waals surface area contributed by atoms with Crippen LogP contribution in [-0.2, 0) is 11.3 Å². The molecule has 0 saturated carbocycles. The Morgan fingerprint density at radius 1 is 1.29 bits per heavy atom. The molecule has 17 heavy (non-hydrogen) atoms. The molecule has 1 aliphatic rings. The molecule has 0 aromatic heterocycles. The van der Waals surface area contributed by atoms with E-state index in [-0.39, 0.29) is 5.92 Å². The van der Waals surface area contributed by atoms with E-state index < -0.39 is 5.97 Å². The van der Waals surface area contributed by atoms with Crippen LogP contribution in [0.4, 0.5) is 0 Å². The van der Waals surface area contributed by atoms with Crippen molar-refractivity contribution in [3.05, 3.63) is 33.4 Å². The zero-order chi connectivity index (χ0) is 12.3. The van der Waals surface area contributed by atoms with E-state index in [9.17, 15) is 4.79 Å². The number of piperidine rings is 1. The van der Waals surface area contributed by atoms with Crippen LogP contribution in [0.25, 0.3) is 0 Å². The van der Waals surface area contributed by atoms with Crippen molar-refractivity contribution < 1.29 is 9.90 Å². The summed E-state index contributed by atoms with van der Waals surface area (Å²) in [4.78, 5) is 13.2. The number of aliphatic carboxylic acids is 1. The molecule has 1 aromatic carbocycles. The van der Waals surface area contributed by atoms with Crippen LogP contribution < -0.4 is 0 Å². The highest BCUT2D eigenvalue weighted by Crippen LogP contribution is 2.19. The summed E-state index contributed by atoms with van der Waals surface area (Å²) in [5.74, 6) is -0.776. The second-order valence-corrected chi connectivity index (χ2v) is 5.76. The number of nitrogens with zero attached hydrogens (tertiary/aromatic N) is 1. The molecule has 1 aliphatic heterocycles. The predicted molar refractivity (Wildman–Crippen MR) is 74.8 cm³/mol. The normalized spacial score (nSPS) is 18.2. The van der Waals surface area contributed by atoms with Gasteiger partial charge in [0, 0.05) is 10.1 Å². The maximum Gasteiger partial charge on any atom is 0.306 e. The summed E-state index contributed by atoms with van der Waals surface area (Å²) in [7, 11) is 0. The van der Waals surface area contributed by atoms with E-state index in [0.717, 1.165) is 32.5 Å². The first-order valence-electron chi connectivity index (χ1n) is 5.85. The van der Waals surface area contributed by atoms with Crippen molar-refractivity contribution in [2.45, 2.75) is 19.4 Å². The molecule has 0 aliphatic carbocycles. The van der Waals surface area contributed by atoms with E-state index in [4.69, 9.17) is 5.11 Å². The monoisotopic (exact) mass is 345 g/mol. The van der Waals surface area contributed by atoms with Crippen LogP contribution in [0.5, 0.6) is 0 Å². The number of carboxylic acids is 1. The number of hydrogen-bond acceptors (Lipinski definition) is 2. The largest absolute Gasteiger partial charge is 0.481 e. The van der Waals surface area contributed by atoms with Gasteiger partial charge in [-0.3, -0.25) is 9.69 Å². The number of carboxylic acid groups (broad SMARTS) is 1. The maximum atomic E-state index is 10.8. The number of halogens is 1. The van der Waals surface area contributed by atoms with Crippen molar-refractivity contribution in [3.63, 3.8) is 0 Å². The zero-order valence-electron chi connectivity index (χ0n) is 9.60. The second kappa shape index (κ2) is 5.82. The highest BCUT2D eigenvalue weighted by atomic mass is 127. The third kappa shape index (κ3) is 3.67. The van der Waals surface area contributed by atoms with E-state index in [2.05, 4.69) is 51.8 Å². The van der Waals surface area contributed by atoms with E-state index in [1.807, 2.05) is 0 Å². The molecule has 0 amide bonds. The van der Waals surface area contributed by atoms with Gasteiger partial charge in [0.2, 0.25) is 0 Å². The minimum absolute atomic E-state index is 0.136. The first-order valence-corrected chi connectivity index (χ1v) is 6.92. The summed E-state index contributed by atoms with van der Waals surface area (Å²) in [5.41, 5.74) is 1.30. The fourth-order valence-corrected chi connectivity index (χ4v) is 2.55. The molecular weight excluding hydrogens is 329 g/mol. The summed E-state index contributed by atoms with van der Waals surface area (Å²) in [6.45, 7) is 2.72. The van der Waals surface area contributed by atoms with E-state index in [1.54, 1.807) is 0 Å². The molecule has 2 rings (SSSR count). The lowest BCUT2D eigenvalue weighted by molar-refractivity contribution is -0.143. The Balaban J connectivity index is 1.85. The predicted octanol–water partition coefficient (Wildman–Crippen LogP) is 2.59. The van der Waals surface area contributed by atoms with Gasteiger partial charge < -0.3 is 5.11 Å². The van der Waals surface area contributed by atoms with Gasteiger partial charge in [-0.15, -0.1) is 0 Å². The van der Waals surface area contributed by atoms with Gasteiger partial charge in [0.1, 0.15) is 0 Å². The van der Waals surface area contributed by atoms with Crippen LogP contribution in [0.1, 0.15) is 18.4 Å². The van der Waals surface area contributed by atoms with Gasteiger partial charge in [0.25, 0.3) is 0 Å². The van der Waals surface area contributed by atoms with Crippen LogP contribution in [0.2, 0.25) is 0 Å². The Bertz CT molecular complexity index is 383. The van der Waals surface area contributed by atoms with Crippen molar-refractivity contribution >= 4 is 28.6 Å². The number of likely N-dealkylation sites (tertiary alicyclic amines) is 1. The van der Waals surface area contributed by atoms with Crippen molar-refractivity contribution in [2.75, 3.05) is 13.1 Å². The van der Waals surface area contributed by atoms with Crippen molar-refractivity contribution in [1.82, 2.24) is 4.90 Å². The Morgan fingerprint density at radius 2 is 1.88 bits per heavy atom. The molecule has 3 nitrogen and oxygen atoms in total. The van der Waals surface area contributed by atoms with Crippen LogP contribution in [0.15, 0.2) is 24.3 Å². The standard InChI is InChI=1S/C13H16INO2/c14-12-3-1-10(2-4-12)9-15-7-5-11(6-8-15)13(16)17/h1-4,11H,5-9H2,(H,16,17). The van der Waals surface area contributed by atoms with Gasteiger partial charge in [0.05, 0.1) is 5.92 Å². The molecule has 92 valence electrons. The average Bonchev–Trinajstić information content (AvgIpc) is 2.33. The Labute approximate surface area is 115 Å². The molecule has 0 bridgehead atoms. The fourth-order valence-electron chi connectivity index (χ4n) is 2.19. The average molecular weight is 345 g/mol. The molecule has 1 saturated heterocycles. The van der Waals surface area contributed by atoms with E-state index in [0.29, 0.717) is 0 Å². The molecule has 0 unspecified atom stereocenters. The lowest BCUT2D eigenvalue weighted by Gasteiger charge is -2.29. The summed E-state index contributed by atoms with van der Waals surface area (Å²) >= 11 is 2.30. The Hall–Kier alpha value is -0.620. The third-order valence-corrected chi connectivity index (χ3v) is 3.98. The molecule has 4 heteroatoms. The van der Waals surface area contributed by atoms with E-state index >= 15 is 0 Å². The first-order chi connectivity index (χ1) is 8.15. The van der Waals surface area contributed by atoms with Crippen LogP contribution in [-0.4, -0.2) is 29.1 Å². The Morgan fingerprint density at radius 3 is 2.41 bits per heavy atom. The van der Waals surface area contributed by atoms with Crippen LogP contribution >= 0.6 is 22.6 Å². The number of benzene rings is 1. The number of carbonyl (C=O) groups is 1. The highest BCUT2D eigenvalue weighted by molar-refractivity contribution is 14.1. The molecule has 0 radical (unpaired) electrons. The molecule has 1 N–H and O–H groups in total. The smallest absolute Gasteiger partial charge is 0.306 e. The topological polar surface area (TPSA) is 40.5 Å². The molecule has 0 atom stereocenters. The Kier molecular flexibility index (Phi) is 4.39. The van der Waals surface area contributed by atoms with Gasteiger partial charge in [-0.1, -0.05) is 12.1 Å². The van der Waals surface area contributed by atoms with Gasteiger partial charge in [-0.2, -0.15) is 0 Å². The first kappa shape index (κ1) is 12.8. The summed E-state index contributed by atoms with van der Waals surface area (Å²) in [6, 6.07) is 8.51. The minimum atomic E-state index is -0.640. The van der Waals surface area contributed by atoms with Crippen LogP contribution in [0, 0.1) is 9.49 Å². The van der Waals surface area contributed by atoms with E-state index in [1.165, 1.54) is 9.13 Å². The molecule has 1 fully saturated rings. The summed E-state index contributed by atoms with van der Waals surface area (Å²) < 4.78 is 1.25. The summed E-state index contributed by atoms with van der Waals surface area (Å²) in [5, 5.41) is 8.93. The van der Waals surface area contributed by atoms with Gasteiger partial charge in [0.15, 0.2) is 0 Å². The van der Waals surface area contributed by atoms with Gasteiger partial charge in [-0.25, -0.2) is 0 Å². The number of hydrogen-bond donors (Lipinski definition) is 1. The maximum absolute atomic E-state index is 10.8. The van der Waals surface area contributed by atoms with Crippen molar-refractivity contribution in [2.24, 2.45) is 5.92 Å².